The molecule has 1 heterocycles. The molecule has 0 saturated heterocycles. The zero-order valence-corrected chi connectivity index (χ0v) is 10.0. The van der Waals surface area contributed by atoms with Gasteiger partial charge in [-0.3, -0.25) is 4.79 Å². The average Bonchev–Trinajstić information content (AvgIpc) is 2.18. The van der Waals surface area contributed by atoms with Gasteiger partial charge in [0.1, 0.15) is 5.56 Å². The van der Waals surface area contributed by atoms with E-state index in [0.29, 0.717) is 0 Å². The molecule has 0 unspecified atom stereocenters. The van der Waals surface area contributed by atoms with Crippen LogP contribution in [0, 0.1) is 5.82 Å². The third-order valence-corrected chi connectivity index (χ3v) is 2.19. The molecule has 0 bridgehead atoms. The number of amides is 1. The Labute approximate surface area is 103 Å². The number of nitrogens with two attached hydrogens (primary N) is 1. The highest BCUT2D eigenvalue weighted by atomic mass is 19.1. The summed E-state index contributed by atoms with van der Waals surface area (Å²) < 4.78 is 13.8. The Balaban J connectivity index is 3.01. The van der Waals surface area contributed by atoms with Crippen molar-refractivity contribution < 1.29 is 19.1 Å². The van der Waals surface area contributed by atoms with Gasteiger partial charge in [-0.25, -0.2) is 14.2 Å². The van der Waals surface area contributed by atoms with Crippen LogP contribution in [0.5, 0.6) is 0 Å². The number of pyridine rings is 1. The summed E-state index contributed by atoms with van der Waals surface area (Å²) in [4.78, 5) is 25.3. The van der Waals surface area contributed by atoms with Crippen LogP contribution in [0.25, 0.3) is 0 Å². The van der Waals surface area contributed by atoms with Gasteiger partial charge in [0.15, 0.2) is 11.6 Å². The molecule has 18 heavy (non-hydrogen) atoms. The van der Waals surface area contributed by atoms with Crippen LogP contribution in [0.15, 0.2) is 12.3 Å². The molecule has 6 nitrogen and oxygen atoms in total. The summed E-state index contributed by atoms with van der Waals surface area (Å²) in [6.07, 6.45) is 1.14. The van der Waals surface area contributed by atoms with Crippen molar-refractivity contribution in [1.29, 1.82) is 0 Å². The molecule has 0 aliphatic carbocycles. The zero-order valence-electron chi connectivity index (χ0n) is 10.0. The van der Waals surface area contributed by atoms with Crippen molar-refractivity contribution in [2.24, 2.45) is 5.73 Å². The van der Waals surface area contributed by atoms with Gasteiger partial charge in [-0.2, -0.15) is 0 Å². The minimum Gasteiger partial charge on any atom is -0.478 e. The fourth-order valence-corrected chi connectivity index (χ4v) is 1.50. The molecule has 0 aromatic carbocycles. The molecule has 1 aromatic rings. The zero-order chi connectivity index (χ0) is 13.9. The number of nitrogens with zero attached hydrogens (tertiary/aromatic N) is 1. The number of halogens is 1. The molecule has 0 aliphatic heterocycles. The highest BCUT2D eigenvalue weighted by Gasteiger charge is 2.24. The van der Waals surface area contributed by atoms with Gasteiger partial charge in [0.05, 0.1) is 0 Å². The maximum atomic E-state index is 13.8. The lowest BCUT2D eigenvalue weighted by atomic mass is 10.0. The molecule has 0 radical (unpaired) electrons. The van der Waals surface area contributed by atoms with Crippen LogP contribution in [0.2, 0.25) is 0 Å². The summed E-state index contributed by atoms with van der Waals surface area (Å²) in [5.74, 6) is -3.13. The number of anilines is 1. The third-order valence-electron chi connectivity index (χ3n) is 2.19. The second-order valence-corrected chi connectivity index (χ2v) is 4.48. The smallest absolute Gasteiger partial charge is 0.338 e. The third kappa shape index (κ3) is 3.41. The van der Waals surface area contributed by atoms with Gasteiger partial charge in [0, 0.05) is 18.2 Å². The Kier molecular flexibility index (Phi) is 3.85. The van der Waals surface area contributed by atoms with Gasteiger partial charge in [-0.15, -0.1) is 0 Å². The number of hydrogen-bond acceptors (Lipinski definition) is 4. The topological polar surface area (TPSA) is 105 Å². The molecular weight excluding hydrogens is 241 g/mol. The first kappa shape index (κ1) is 13.9. The van der Waals surface area contributed by atoms with Crippen LogP contribution >= 0.6 is 0 Å². The predicted molar refractivity (Wildman–Crippen MR) is 62.7 cm³/mol. The molecule has 0 saturated carbocycles. The van der Waals surface area contributed by atoms with Gasteiger partial charge in [-0.1, -0.05) is 0 Å². The Morgan fingerprint density at radius 2 is 2.17 bits per heavy atom. The Morgan fingerprint density at radius 3 is 2.67 bits per heavy atom. The second kappa shape index (κ2) is 4.99. The molecule has 1 aromatic heterocycles. The van der Waals surface area contributed by atoms with Crippen molar-refractivity contribution in [3.8, 4) is 0 Å². The predicted octanol–water partition coefficient (Wildman–Crippen LogP) is 0.985. The molecule has 1 amide bonds. The van der Waals surface area contributed by atoms with E-state index in [1.165, 1.54) is 6.20 Å². The van der Waals surface area contributed by atoms with Crippen LogP contribution in [0.3, 0.4) is 0 Å². The van der Waals surface area contributed by atoms with Gasteiger partial charge in [-0.05, 0) is 19.9 Å². The monoisotopic (exact) mass is 255 g/mol. The van der Waals surface area contributed by atoms with Crippen LogP contribution in [0.1, 0.15) is 30.6 Å². The molecule has 4 N–H and O–H groups in total. The molecule has 0 atom stereocenters. The number of carbonyl (C=O) groups excluding carboxylic acids is 1. The van der Waals surface area contributed by atoms with Crippen LogP contribution in [0.4, 0.5) is 10.2 Å². The SMILES string of the molecule is CC(C)(CC(N)=O)Nc1nccc(C(=O)O)c1F. The van der Waals surface area contributed by atoms with Crippen molar-refractivity contribution in [3.63, 3.8) is 0 Å². The summed E-state index contributed by atoms with van der Waals surface area (Å²) in [6, 6.07) is 1.06. The van der Waals surface area contributed by atoms with E-state index in [9.17, 15) is 14.0 Å². The van der Waals surface area contributed by atoms with Crippen LogP contribution in [-0.2, 0) is 4.79 Å². The largest absolute Gasteiger partial charge is 0.478 e. The fraction of sp³-hybridized carbons (Fsp3) is 0.364. The summed E-state index contributed by atoms with van der Waals surface area (Å²) in [5, 5.41) is 11.4. The number of carboxylic acids is 1. The minimum atomic E-state index is -1.38. The molecule has 98 valence electrons. The van der Waals surface area contributed by atoms with E-state index in [-0.39, 0.29) is 12.2 Å². The van der Waals surface area contributed by atoms with Crippen LogP contribution in [-0.4, -0.2) is 27.5 Å². The van der Waals surface area contributed by atoms with Crippen molar-refractivity contribution in [2.45, 2.75) is 25.8 Å². The van der Waals surface area contributed by atoms with E-state index in [0.717, 1.165) is 6.07 Å². The number of hydrogen-bond donors (Lipinski definition) is 3. The second-order valence-electron chi connectivity index (χ2n) is 4.48. The first-order valence-electron chi connectivity index (χ1n) is 5.17. The first-order valence-corrected chi connectivity index (χ1v) is 5.17. The lowest BCUT2D eigenvalue weighted by Crippen LogP contribution is -2.36. The van der Waals surface area contributed by atoms with Crippen molar-refractivity contribution in [2.75, 3.05) is 5.32 Å². The maximum absolute atomic E-state index is 13.8. The van der Waals surface area contributed by atoms with Gasteiger partial charge in [0.25, 0.3) is 0 Å². The number of primary amides is 1. The van der Waals surface area contributed by atoms with Crippen molar-refractivity contribution >= 4 is 17.7 Å². The maximum Gasteiger partial charge on any atom is 0.338 e. The van der Waals surface area contributed by atoms with Crippen molar-refractivity contribution in [3.05, 3.63) is 23.6 Å². The molecule has 0 aliphatic rings. The van der Waals surface area contributed by atoms with Gasteiger partial charge >= 0.3 is 5.97 Å². The normalized spacial score (nSPS) is 11.1. The van der Waals surface area contributed by atoms with Gasteiger partial charge < -0.3 is 16.2 Å². The number of carbonyl (C=O) groups is 2. The summed E-state index contributed by atoms with van der Waals surface area (Å²) in [6.45, 7) is 3.26. The quantitative estimate of drug-likeness (QED) is 0.727. The van der Waals surface area contributed by atoms with E-state index >= 15 is 0 Å². The Morgan fingerprint density at radius 1 is 1.56 bits per heavy atom. The summed E-state index contributed by atoms with van der Waals surface area (Å²) in [7, 11) is 0. The minimum absolute atomic E-state index is 0.0363. The van der Waals surface area contributed by atoms with E-state index in [1.807, 2.05) is 0 Å². The molecule has 1 rings (SSSR count). The number of nitrogens with one attached hydrogen (secondary N) is 1. The van der Waals surface area contributed by atoms with E-state index < -0.39 is 28.8 Å². The molecule has 0 spiro atoms. The lowest BCUT2D eigenvalue weighted by Gasteiger charge is -2.25. The standard InChI is InChI=1S/C11H14FN3O3/c1-11(2,5-7(13)16)15-9-8(12)6(10(17)18)3-4-14-9/h3-4H,5H2,1-2H3,(H2,13,16)(H,14,15)(H,17,18). The molecular formula is C11H14FN3O3. The van der Waals surface area contributed by atoms with Crippen molar-refractivity contribution in [1.82, 2.24) is 4.98 Å². The number of aromatic nitrogens is 1. The summed E-state index contributed by atoms with van der Waals surface area (Å²) in [5.41, 5.74) is 3.75. The molecule has 7 heteroatoms. The lowest BCUT2D eigenvalue weighted by molar-refractivity contribution is -0.118. The number of aromatic carboxylic acids is 1. The van der Waals surface area contributed by atoms with Crippen LogP contribution < -0.4 is 11.1 Å². The van der Waals surface area contributed by atoms with Gasteiger partial charge in [0.2, 0.25) is 5.91 Å². The summed E-state index contributed by atoms with van der Waals surface area (Å²) >= 11 is 0. The highest BCUT2D eigenvalue weighted by Crippen LogP contribution is 2.21. The number of rotatable bonds is 5. The Bertz CT molecular complexity index is 488. The van der Waals surface area contributed by atoms with E-state index in [2.05, 4.69) is 10.3 Å². The fourth-order valence-electron chi connectivity index (χ4n) is 1.50. The number of carboxylic acid groups (broad SMARTS) is 1. The Hall–Kier alpha value is -2.18. The van der Waals surface area contributed by atoms with E-state index in [1.54, 1.807) is 13.8 Å². The average molecular weight is 255 g/mol. The van der Waals surface area contributed by atoms with E-state index in [4.69, 9.17) is 10.8 Å². The highest BCUT2D eigenvalue weighted by molar-refractivity contribution is 5.88. The molecule has 0 fully saturated rings. The first-order chi connectivity index (χ1) is 8.23.